The summed E-state index contributed by atoms with van der Waals surface area (Å²) in [5, 5.41) is 2.23. The van der Waals surface area contributed by atoms with Crippen LogP contribution in [0.4, 0.5) is 0 Å². The van der Waals surface area contributed by atoms with Gasteiger partial charge in [0, 0.05) is 25.2 Å². The highest BCUT2D eigenvalue weighted by molar-refractivity contribution is 5.98. The second-order valence-electron chi connectivity index (χ2n) is 5.04. The standard InChI is InChI=1S/C16H18N2O2/c17-10-15-11-18(7-8-20-15)16(19)14-6-5-12-3-1-2-4-13(12)9-14/h1-6,9,15H,7-8,10-11,17H2. The first-order valence-corrected chi connectivity index (χ1v) is 6.87. The van der Waals surface area contributed by atoms with Gasteiger partial charge in [0.25, 0.3) is 5.91 Å². The molecule has 1 fully saturated rings. The number of hydrogen-bond acceptors (Lipinski definition) is 3. The van der Waals surface area contributed by atoms with Gasteiger partial charge in [-0.15, -0.1) is 0 Å². The van der Waals surface area contributed by atoms with Gasteiger partial charge < -0.3 is 15.4 Å². The summed E-state index contributed by atoms with van der Waals surface area (Å²) in [6.45, 7) is 2.20. The van der Waals surface area contributed by atoms with E-state index in [1.165, 1.54) is 0 Å². The summed E-state index contributed by atoms with van der Waals surface area (Å²) in [7, 11) is 0. The molecule has 1 unspecified atom stereocenters. The SMILES string of the molecule is NCC1CN(C(=O)c2ccc3ccccc3c2)CCO1. The van der Waals surface area contributed by atoms with Crippen molar-refractivity contribution in [1.82, 2.24) is 4.90 Å². The Kier molecular flexibility index (Phi) is 3.67. The summed E-state index contributed by atoms with van der Waals surface area (Å²) in [6, 6.07) is 13.9. The summed E-state index contributed by atoms with van der Waals surface area (Å²) in [5.74, 6) is 0.0532. The van der Waals surface area contributed by atoms with E-state index >= 15 is 0 Å². The highest BCUT2D eigenvalue weighted by Crippen LogP contribution is 2.18. The summed E-state index contributed by atoms with van der Waals surface area (Å²) >= 11 is 0. The van der Waals surface area contributed by atoms with Crippen LogP contribution in [-0.4, -0.2) is 43.2 Å². The Morgan fingerprint density at radius 1 is 1.25 bits per heavy atom. The molecular formula is C16H18N2O2. The van der Waals surface area contributed by atoms with Gasteiger partial charge in [0.1, 0.15) is 0 Å². The molecule has 1 saturated heterocycles. The van der Waals surface area contributed by atoms with Crippen LogP contribution in [0.1, 0.15) is 10.4 Å². The van der Waals surface area contributed by atoms with Crippen molar-refractivity contribution in [3.63, 3.8) is 0 Å². The van der Waals surface area contributed by atoms with Gasteiger partial charge in [-0.1, -0.05) is 30.3 Å². The fourth-order valence-electron chi connectivity index (χ4n) is 2.55. The first-order valence-electron chi connectivity index (χ1n) is 6.87. The first kappa shape index (κ1) is 13.1. The third-order valence-corrected chi connectivity index (χ3v) is 3.69. The average molecular weight is 270 g/mol. The second kappa shape index (κ2) is 5.61. The van der Waals surface area contributed by atoms with Gasteiger partial charge in [-0.3, -0.25) is 4.79 Å². The van der Waals surface area contributed by atoms with Gasteiger partial charge in [0.2, 0.25) is 0 Å². The first-order chi connectivity index (χ1) is 9.78. The number of carbonyl (C=O) groups excluding carboxylic acids is 1. The van der Waals surface area contributed by atoms with Crippen molar-refractivity contribution in [2.75, 3.05) is 26.2 Å². The molecule has 1 aliphatic heterocycles. The highest BCUT2D eigenvalue weighted by atomic mass is 16.5. The van der Waals surface area contributed by atoms with E-state index in [2.05, 4.69) is 0 Å². The van der Waals surface area contributed by atoms with E-state index in [0.29, 0.717) is 26.2 Å². The number of morpholine rings is 1. The Labute approximate surface area is 118 Å². The van der Waals surface area contributed by atoms with E-state index in [-0.39, 0.29) is 12.0 Å². The minimum absolute atomic E-state index is 0.0480. The number of ether oxygens (including phenoxy) is 1. The molecular weight excluding hydrogens is 252 g/mol. The number of benzene rings is 2. The molecule has 2 aromatic carbocycles. The van der Waals surface area contributed by atoms with Gasteiger partial charge in [-0.25, -0.2) is 0 Å². The minimum atomic E-state index is -0.0480. The lowest BCUT2D eigenvalue weighted by atomic mass is 10.1. The zero-order valence-corrected chi connectivity index (χ0v) is 11.3. The summed E-state index contributed by atoms with van der Waals surface area (Å²) in [5.41, 5.74) is 6.34. The van der Waals surface area contributed by atoms with Crippen molar-refractivity contribution in [2.45, 2.75) is 6.10 Å². The van der Waals surface area contributed by atoms with Crippen LogP contribution in [-0.2, 0) is 4.74 Å². The lowest BCUT2D eigenvalue weighted by Crippen LogP contribution is -2.48. The third kappa shape index (κ3) is 2.53. The van der Waals surface area contributed by atoms with Crippen molar-refractivity contribution >= 4 is 16.7 Å². The quantitative estimate of drug-likeness (QED) is 0.902. The summed E-state index contributed by atoms with van der Waals surface area (Å²) in [4.78, 5) is 14.4. The molecule has 4 nitrogen and oxygen atoms in total. The fourth-order valence-corrected chi connectivity index (χ4v) is 2.55. The van der Waals surface area contributed by atoms with E-state index in [1.807, 2.05) is 47.4 Å². The Hall–Kier alpha value is -1.91. The highest BCUT2D eigenvalue weighted by Gasteiger charge is 2.24. The molecule has 0 spiro atoms. The van der Waals surface area contributed by atoms with Crippen molar-refractivity contribution in [2.24, 2.45) is 5.73 Å². The largest absolute Gasteiger partial charge is 0.373 e. The number of nitrogens with zero attached hydrogens (tertiary/aromatic N) is 1. The smallest absolute Gasteiger partial charge is 0.254 e. The van der Waals surface area contributed by atoms with Gasteiger partial charge in [0.15, 0.2) is 0 Å². The number of rotatable bonds is 2. The fraction of sp³-hybridized carbons (Fsp3) is 0.312. The Morgan fingerprint density at radius 2 is 2.05 bits per heavy atom. The van der Waals surface area contributed by atoms with Crippen LogP contribution in [0.15, 0.2) is 42.5 Å². The molecule has 3 rings (SSSR count). The summed E-state index contributed by atoms with van der Waals surface area (Å²) in [6.07, 6.45) is -0.0480. The molecule has 1 amide bonds. The van der Waals surface area contributed by atoms with Gasteiger partial charge in [-0.05, 0) is 22.9 Å². The van der Waals surface area contributed by atoms with Gasteiger partial charge in [-0.2, -0.15) is 0 Å². The molecule has 0 radical (unpaired) electrons. The van der Waals surface area contributed by atoms with Crippen molar-refractivity contribution in [1.29, 1.82) is 0 Å². The molecule has 1 atom stereocenters. The van der Waals surface area contributed by atoms with E-state index in [4.69, 9.17) is 10.5 Å². The third-order valence-electron chi connectivity index (χ3n) is 3.69. The van der Waals surface area contributed by atoms with Crippen molar-refractivity contribution in [3.05, 3.63) is 48.0 Å². The Morgan fingerprint density at radius 3 is 2.85 bits per heavy atom. The molecule has 0 saturated carbocycles. The zero-order valence-electron chi connectivity index (χ0n) is 11.3. The number of fused-ring (bicyclic) bond motifs is 1. The van der Waals surface area contributed by atoms with Crippen LogP contribution in [0, 0.1) is 0 Å². The average Bonchev–Trinajstić information content (AvgIpc) is 2.53. The normalized spacial score (nSPS) is 19.2. The second-order valence-corrected chi connectivity index (χ2v) is 5.04. The summed E-state index contributed by atoms with van der Waals surface area (Å²) < 4.78 is 5.49. The predicted molar refractivity (Wildman–Crippen MR) is 78.6 cm³/mol. The number of hydrogen-bond donors (Lipinski definition) is 1. The van der Waals surface area contributed by atoms with E-state index in [1.54, 1.807) is 0 Å². The maximum Gasteiger partial charge on any atom is 0.254 e. The molecule has 0 aromatic heterocycles. The minimum Gasteiger partial charge on any atom is -0.373 e. The van der Waals surface area contributed by atoms with Crippen molar-refractivity contribution < 1.29 is 9.53 Å². The zero-order chi connectivity index (χ0) is 13.9. The van der Waals surface area contributed by atoms with Crippen molar-refractivity contribution in [3.8, 4) is 0 Å². The van der Waals surface area contributed by atoms with Crippen LogP contribution >= 0.6 is 0 Å². The number of amides is 1. The van der Waals surface area contributed by atoms with Crippen LogP contribution in [0.5, 0.6) is 0 Å². The molecule has 0 aliphatic carbocycles. The molecule has 0 bridgehead atoms. The molecule has 4 heteroatoms. The molecule has 2 aromatic rings. The van der Waals surface area contributed by atoms with Crippen LogP contribution in [0.25, 0.3) is 10.8 Å². The van der Waals surface area contributed by atoms with Crippen LogP contribution in [0.3, 0.4) is 0 Å². The number of nitrogens with two attached hydrogens (primary N) is 1. The lowest BCUT2D eigenvalue weighted by molar-refractivity contribution is -0.0167. The Bertz CT molecular complexity index is 627. The van der Waals surface area contributed by atoms with Gasteiger partial charge >= 0.3 is 0 Å². The number of carbonyl (C=O) groups is 1. The lowest BCUT2D eigenvalue weighted by Gasteiger charge is -2.32. The molecule has 1 aliphatic rings. The van der Waals surface area contributed by atoms with E-state index in [0.717, 1.165) is 16.3 Å². The molecule has 2 N–H and O–H groups in total. The predicted octanol–water partition coefficient (Wildman–Crippen LogP) is 1.64. The maximum absolute atomic E-state index is 12.5. The van der Waals surface area contributed by atoms with Gasteiger partial charge in [0.05, 0.1) is 12.7 Å². The topological polar surface area (TPSA) is 55.6 Å². The molecule has 104 valence electrons. The van der Waals surface area contributed by atoms with Crippen LogP contribution < -0.4 is 5.73 Å². The maximum atomic E-state index is 12.5. The van der Waals surface area contributed by atoms with Crippen LogP contribution in [0.2, 0.25) is 0 Å². The monoisotopic (exact) mass is 270 g/mol. The Balaban J connectivity index is 1.84. The van der Waals surface area contributed by atoms with E-state index < -0.39 is 0 Å². The molecule has 20 heavy (non-hydrogen) atoms. The van der Waals surface area contributed by atoms with E-state index in [9.17, 15) is 4.79 Å². The molecule has 1 heterocycles.